The van der Waals surface area contributed by atoms with Gasteiger partial charge < -0.3 is 4.74 Å². The van der Waals surface area contributed by atoms with Gasteiger partial charge in [-0.05, 0) is 12.1 Å². The Balaban J connectivity index is 2.47. The lowest BCUT2D eigenvalue weighted by Crippen LogP contribution is -1.93. The first-order valence-electron chi connectivity index (χ1n) is 4.70. The highest BCUT2D eigenvalue weighted by molar-refractivity contribution is 5.63. The Bertz CT molecular complexity index is 529. The van der Waals surface area contributed by atoms with Gasteiger partial charge in [0.25, 0.3) is 0 Å². The molecule has 0 radical (unpaired) electrons. The molecule has 0 bridgehead atoms. The van der Waals surface area contributed by atoms with Gasteiger partial charge in [0.05, 0.1) is 18.2 Å². The van der Waals surface area contributed by atoms with Crippen LogP contribution >= 0.6 is 0 Å². The van der Waals surface area contributed by atoms with E-state index in [0.29, 0.717) is 17.1 Å². The zero-order chi connectivity index (χ0) is 11.4. The molecule has 0 fully saturated rings. The molecular formula is C12H9N3O. The van der Waals surface area contributed by atoms with Crippen LogP contribution in [0, 0.1) is 11.3 Å². The first-order valence-corrected chi connectivity index (χ1v) is 4.70. The van der Waals surface area contributed by atoms with E-state index in [9.17, 15) is 0 Å². The molecular weight excluding hydrogens is 202 g/mol. The van der Waals surface area contributed by atoms with Gasteiger partial charge in [-0.25, -0.2) is 9.97 Å². The molecule has 0 atom stereocenters. The number of nitrogens with zero attached hydrogens (tertiary/aromatic N) is 3. The minimum atomic E-state index is 0.443. The number of aromatic nitrogens is 2. The Morgan fingerprint density at radius 2 is 1.88 bits per heavy atom. The maximum absolute atomic E-state index is 8.65. The summed E-state index contributed by atoms with van der Waals surface area (Å²) in [6.45, 7) is 0. The van der Waals surface area contributed by atoms with Crippen molar-refractivity contribution in [2.24, 2.45) is 0 Å². The van der Waals surface area contributed by atoms with Crippen LogP contribution < -0.4 is 4.74 Å². The van der Waals surface area contributed by atoms with Crippen molar-refractivity contribution >= 4 is 0 Å². The van der Waals surface area contributed by atoms with Crippen molar-refractivity contribution in [3.05, 3.63) is 42.2 Å². The number of para-hydroxylation sites is 1. The lowest BCUT2D eigenvalue weighted by molar-refractivity contribution is 0.416. The SMILES string of the molecule is COc1ccccc1-c1ncc(C#N)cn1. The van der Waals surface area contributed by atoms with E-state index in [1.807, 2.05) is 30.3 Å². The molecule has 1 aromatic heterocycles. The van der Waals surface area contributed by atoms with Crippen LogP contribution in [0.4, 0.5) is 0 Å². The Morgan fingerprint density at radius 1 is 1.19 bits per heavy atom. The molecule has 0 spiro atoms. The Kier molecular flexibility index (Phi) is 2.79. The number of nitriles is 1. The standard InChI is InChI=1S/C12H9N3O/c1-16-11-5-3-2-4-10(11)12-14-7-9(6-13)8-15-12/h2-5,7-8H,1H3. The van der Waals surface area contributed by atoms with Crippen molar-refractivity contribution in [3.63, 3.8) is 0 Å². The topological polar surface area (TPSA) is 58.8 Å². The smallest absolute Gasteiger partial charge is 0.162 e. The minimum absolute atomic E-state index is 0.443. The molecule has 0 N–H and O–H groups in total. The van der Waals surface area contributed by atoms with Gasteiger partial charge in [-0.1, -0.05) is 12.1 Å². The molecule has 0 amide bonds. The quantitative estimate of drug-likeness (QED) is 0.762. The summed E-state index contributed by atoms with van der Waals surface area (Å²) in [7, 11) is 1.60. The highest BCUT2D eigenvalue weighted by atomic mass is 16.5. The highest BCUT2D eigenvalue weighted by Gasteiger charge is 2.06. The lowest BCUT2D eigenvalue weighted by atomic mass is 10.2. The number of rotatable bonds is 2. The van der Waals surface area contributed by atoms with Gasteiger partial charge in [-0.3, -0.25) is 0 Å². The van der Waals surface area contributed by atoms with Crippen molar-refractivity contribution in [3.8, 4) is 23.2 Å². The third kappa shape index (κ3) is 1.84. The van der Waals surface area contributed by atoms with E-state index in [1.165, 1.54) is 12.4 Å². The fourth-order valence-corrected chi connectivity index (χ4v) is 1.35. The monoisotopic (exact) mass is 211 g/mol. The second-order valence-corrected chi connectivity index (χ2v) is 3.11. The molecule has 0 saturated carbocycles. The molecule has 78 valence electrons. The highest BCUT2D eigenvalue weighted by Crippen LogP contribution is 2.26. The van der Waals surface area contributed by atoms with Crippen LogP contribution in [0.25, 0.3) is 11.4 Å². The van der Waals surface area contributed by atoms with Gasteiger partial charge in [-0.15, -0.1) is 0 Å². The first-order chi connectivity index (χ1) is 7.85. The summed E-state index contributed by atoms with van der Waals surface area (Å²) in [6.07, 6.45) is 2.99. The molecule has 0 saturated heterocycles. The Morgan fingerprint density at radius 3 is 2.50 bits per heavy atom. The van der Waals surface area contributed by atoms with Crippen molar-refractivity contribution in [2.75, 3.05) is 7.11 Å². The zero-order valence-corrected chi connectivity index (χ0v) is 8.71. The van der Waals surface area contributed by atoms with Gasteiger partial charge in [0.1, 0.15) is 11.8 Å². The maximum atomic E-state index is 8.65. The van der Waals surface area contributed by atoms with E-state index in [0.717, 1.165) is 5.56 Å². The number of benzene rings is 1. The minimum Gasteiger partial charge on any atom is -0.496 e. The van der Waals surface area contributed by atoms with Crippen LogP contribution in [0.3, 0.4) is 0 Å². The summed E-state index contributed by atoms with van der Waals surface area (Å²) in [5, 5.41) is 8.65. The van der Waals surface area contributed by atoms with Crippen LogP contribution in [0.1, 0.15) is 5.56 Å². The fourth-order valence-electron chi connectivity index (χ4n) is 1.35. The van der Waals surface area contributed by atoms with Crippen molar-refractivity contribution < 1.29 is 4.74 Å². The summed E-state index contributed by atoms with van der Waals surface area (Å²) in [4.78, 5) is 8.23. The Hall–Kier alpha value is -2.41. The summed E-state index contributed by atoms with van der Waals surface area (Å²) >= 11 is 0. The number of methoxy groups -OCH3 is 1. The molecule has 0 unspecified atom stereocenters. The molecule has 0 aliphatic rings. The molecule has 1 aromatic carbocycles. The average Bonchev–Trinajstić information content (AvgIpc) is 2.39. The fraction of sp³-hybridized carbons (Fsp3) is 0.0833. The van der Waals surface area contributed by atoms with E-state index in [2.05, 4.69) is 9.97 Å². The molecule has 0 aliphatic carbocycles. The third-order valence-corrected chi connectivity index (χ3v) is 2.13. The molecule has 16 heavy (non-hydrogen) atoms. The second kappa shape index (κ2) is 4.41. The van der Waals surface area contributed by atoms with Crippen molar-refractivity contribution in [1.82, 2.24) is 9.97 Å². The van der Waals surface area contributed by atoms with Gasteiger partial charge in [-0.2, -0.15) is 5.26 Å². The molecule has 4 nitrogen and oxygen atoms in total. The predicted molar refractivity (Wildman–Crippen MR) is 58.7 cm³/mol. The van der Waals surface area contributed by atoms with E-state index >= 15 is 0 Å². The van der Waals surface area contributed by atoms with Crippen LogP contribution in [-0.4, -0.2) is 17.1 Å². The molecule has 0 aliphatic heterocycles. The summed E-state index contributed by atoms with van der Waals surface area (Å²) in [6, 6.07) is 9.47. The number of ether oxygens (including phenoxy) is 1. The second-order valence-electron chi connectivity index (χ2n) is 3.11. The third-order valence-electron chi connectivity index (χ3n) is 2.13. The van der Waals surface area contributed by atoms with E-state index in [4.69, 9.17) is 10.00 Å². The van der Waals surface area contributed by atoms with E-state index in [1.54, 1.807) is 7.11 Å². The number of hydrogen-bond acceptors (Lipinski definition) is 4. The van der Waals surface area contributed by atoms with Gasteiger partial charge in [0.2, 0.25) is 0 Å². The van der Waals surface area contributed by atoms with Gasteiger partial charge in [0, 0.05) is 12.4 Å². The molecule has 4 heteroatoms. The normalized spacial score (nSPS) is 9.50. The van der Waals surface area contributed by atoms with Crippen LogP contribution in [-0.2, 0) is 0 Å². The molecule has 1 heterocycles. The van der Waals surface area contributed by atoms with Gasteiger partial charge in [0.15, 0.2) is 5.82 Å². The maximum Gasteiger partial charge on any atom is 0.162 e. The first kappa shape index (κ1) is 10.1. The van der Waals surface area contributed by atoms with Crippen molar-refractivity contribution in [2.45, 2.75) is 0 Å². The largest absolute Gasteiger partial charge is 0.496 e. The molecule has 2 aromatic rings. The molecule has 2 rings (SSSR count). The lowest BCUT2D eigenvalue weighted by Gasteiger charge is -2.05. The van der Waals surface area contributed by atoms with Gasteiger partial charge >= 0.3 is 0 Å². The summed E-state index contributed by atoms with van der Waals surface area (Å²) in [5.41, 5.74) is 1.26. The predicted octanol–water partition coefficient (Wildman–Crippen LogP) is 2.02. The van der Waals surface area contributed by atoms with E-state index < -0.39 is 0 Å². The van der Waals surface area contributed by atoms with E-state index in [-0.39, 0.29) is 0 Å². The van der Waals surface area contributed by atoms with Crippen molar-refractivity contribution in [1.29, 1.82) is 5.26 Å². The Labute approximate surface area is 93.2 Å². The van der Waals surface area contributed by atoms with Crippen LogP contribution in [0.15, 0.2) is 36.7 Å². The summed E-state index contributed by atoms with van der Waals surface area (Å²) < 4.78 is 5.21. The summed E-state index contributed by atoms with van der Waals surface area (Å²) in [5.74, 6) is 1.27. The van der Waals surface area contributed by atoms with Crippen LogP contribution in [0.2, 0.25) is 0 Å². The zero-order valence-electron chi connectivity index (χ0n) is 8.71. The van der Waals surface area contributed by atoms with Crippen LogP contribution in [0.5, 0.6) is 5.75 Å². The number of hydrogen-bond donors (Lipinski definition) is 0. The average molecular weight is 211 g/mol.